The third-order valence-electron chi connectivity index (χ3n) is 5.31. The van der Waals surface area contributed by atoms with Crippen LogP contribution in [0.1, 0.15) is 30.6 Å². The first kappa shape index (κ1) is 24.6. The van der Waals surface area contributed by atoms with Crippen LogP contribution in [0.15, 0.2) is 23.1 Å². The Morgan fingerprint density at radius 1 is 1.10 bits per heavy atom. The van der Waals surface area contributed by atoms with Crippen LogP contribution < -0.4 is 0 Å². The monoisotopic (exact) mass is 458 g/mol. The van der Waals surface area contributed by atoms with E-state index in [9.17, 15) is 18.0 Å². The van der Waals surface area contributed by atoms with Gasteiger partial charge in [0.15, 0.2) is 0 Å². The Kier molecular flexibility index (Phi) is 8.27. The second kappa shape index (κ2) is 10.1. The number of halogens is 1. The molecule has 1 aliphatic rings. The summed E-state index contributed by atoms with van der Waals surface area (Å²) in [5.41, 5.74) is 0.174. The van der Waals surface area contributed by atoms with Crippen LogP contribution in [0.3, 0.4) is 0 Å². The minimum Gasteiger partial charge on any atom is -0.348 e. The molecule has 1 heterocycles. The Morgan fingerprint density at radius 2 is 1.77 bits per heavy atom. The number of benzene rings is 1. The lowest BCUT2D eigenvalue weighted by Crippen LogP contribution is -2.39. The average Bonchev–Trinajstić information content (AvgIpc) is 2.92. The van der Waals surface area contributed by atoms with Gasteiger partial charge >= 0.3 is 0 Å². The summed E-state index contributed by atoms with van der Waals surface area (Å²) in [6.07, 6.45) is 0.720. The highest BCUT2D eigenvalue weighted by atomic mass is 35.5. The van der Waals surface area contributed by atoms with E-state index < -0.39 is 10.0 Å². The van der Waals surface area contributed by atoms with Crippen LogP contribution in [0.2, 0.25) is 5.02 Å². The van der Waals surface area contributed by atoms with Gasteiger partial charge in [0, 0.05) is 53.4 Å². The molecule has 1 saturated heterocycles. The SMILES string of the molecule is CC(C)N(C)S(=O)(=O)c1ccc(Cl)c(C(=O)N2CCCN(CC(=O)N(C)C)CC2)c1. The molecule has 0 bridgehead atoms. The third-order valence-corrected chi connectivity index (χ3v) is 7.66. The summed E-state index contributed by atoms with van der Waals surface area (Å²) in [5.74, 6) is -0.282. The number of sulfonamides is 1. The third kappa shape index (κ3) is 5.72. The van der Waals surface area contributed by atoms with Crippen molar-refractivity contribution in [2.75, 3.05) is 53.9 Å². The van der Waals surface area contributed by atoms with E-state index in [1.54, 1.807) is 37.7 Å². The van der Waals surface area contributed by atoms with E-state index in [2.05, 4.69) is 0 Å². The van der Waals surface area contributed by atoms with Gasteiger partial charge in [0.25, 0.3) is 5.91 Å². The molecule has 10 heteroatoms. The number of hydrogen-bond acceptors (Lipinski definition) is 5. The lowest BCUT2D eigenvalue weighted by Gasteiger charge is -2.24. The Labute approximate surface area is 184 Å². The zero-order chi connectivity index (χ0) is 22.6. The van der Waals surface area contributed by atoms with E-state index in [1.165, 1.54) is 29.6 Å². The quantitative estimate of drug-likeness (QED) is 0.646. The molecule has 0 atom stereocenters. The molecule has 2 rings (SSSR count). The second-order valence-electron chi connectivity index (χ2n) is 7.97. The van der Waals surface area contributed by atoms with Crippen molar-refractivity contribution < 1.29 is 18.0 Å². The van der Waals surface area contributed by atoms with Crippen LogP contribution in [0.5, 0.6) is 0 Å². The first-order valence-corrected chi connectivity index (χ1v) is 11.8. The van der Waals surface area contributed by atoms with E-state index in [1.807, 2.05) is 4.90 Å². The molecule has 1 aromatic carbocycles. The van der Waals surface area contributed by atoms with Crippen molar-refractivity contribution in [3.05, 3.63) is 28.8 Å². The molecule has 0 spiro atoms. The van der Waals surface area contributed by atoms with E-state index >= 15 is 0 Å². The topological polar surface area (TPSA) is 81.2 Å². The maximum absolute atomic E-state index is 13.1. The van der Waals surface area contributed by atoms with Gasteiger partial charge in [-0.1, -0.05) is 11.6 Å². The average molecular weight is 459 g/mol. The van der Waals surface area contributed by atoms with E-state index in [0.717, 1.165) is 6.42 Å². The number of carbonyl (C=O) groups is 2. The molecule has 8 nitrogen and oxygen atoms in total. The normalized spacial score (nSPS) is 16.1. The highest BCUT2D eigenvalue weighted by Crippen LogP contribution is 2.25. The van der Waals surface area contributed by atoms with Crippen molar-refractivity contribution in [3.63, 3.8) is 0 Å². The zero-order valence-electron chi connectivity index (χ0n) is 18.3. The minimum absolute atomic E-state index is 0.0185. The first-order valence-electron chi connectivity index (χ1n) is 9.94. The van der Waals surface area contributed by atoms with Crippen molar-refractivity contribution in [2.24, 2.45) is 0 Å². The maximum Gasteiger partial charge on any atom is 0.255 e. The first-order chi connectivity index (χ1) is 13.9. The molecule has 0 unspecified atom stereocenters. The molecule has 0 aliphatic carbocycles. The summed E-state index contributed by atoms with van der Waals surface area (Å²) in [6, 6.07) is 4.02. The number of hydrogen-bond donors (Lipinski definition) is 0. The van der Waals surface area contributed by atoms with Crippen molar-refractivity contribution in [1.29, 1.82) is 0 Å². The fourth-order valence-electron chi connectivity index (χ4n) is 3.11. The molecule has 0 aromatic heterocycles. The second-order valence-corrected chi connectivity index (χ2v) is 10.4. The smallest absolute Gasteiger partial charge is 0.255 e. The summed E-state index contributed by atoms with van der Waals surface area (Å²) < 4.78 is 26.9. The van der Waals surface area contributed by atoms with E-state index in [0.29, 0.717) is 32.7 Å². The maximum atomic E-state index is 13.1. The summed E-state index contributed by atoms with van der Waals surface area (Å²) >= 11 is 6.26. The summed E-state index contributed by atoms with van der Waals surface area (Å²) in [5, 5.41) is 0.218. The lowest BCUT2D eigenvalue weighted by atomic mass is 10.2. The van der Waals surface area contributed by atoms with Crippen molar-refractivity contribution in [3.8, 4) is 0 Å². The Hall–Kier alpha value is -1.68. The van der Waals surface area contributed by atoms with Gasteiger partial charge < -0.3 is 9.80 Å². The highest BCUT2D eigenvalue weighted by Gasteiger charge is 2.27. The van der Waals surface area contributed by atoms with Crippen molar-refractivity contribution in [1.82, 2.24) is 19.0 Å². The number of nitrogens with zero attached hydrogens (tertiary/aromatic N) is 4. The molecule has 1 aromatic rings. The zero-order valence-corrected chi connectivity index (χ0v) is 19.8. The van der Waals surface area contributed by atoms with Crippen LogP contribution in [-0.4, -0.2) is 99.1 Å². The lowest BCUT2D eigenvalue weighted by molar-refractivity contribution is -0.129. The van der Waals surface area contributed by atoms with E-state index in [4.69, 9.17) is 11.6 Å². The van der Waals surface area contributed by atoms with E-state index in [-0.39, 0.29) is 33.3 Å². The van der Waals surface area contributed by atoms with Crippen LogP contribution in [0.25, 0.3) is 0 Å². The van der Waals surface area contributed by atoms with Gasteiger partial charge in [-0.3, -0.25) is 14.5 Å². The minimum atomic E-state index is -3.73. The van der Waals surface area contributed by atoms with Gasteiger partial charge in [-0.15, -0.1) is 0 Å². The van der Waals surface area contributed by atoms with Gasteiger partial charge in [0.1, 0.15) is 0 Å². The summed E-state index contributed by atoms with van der Waals surface area (Å²) in [6.45, 7) is 6.11. The Morgan fingerprint density at radius 3 is 2.37 bits per heavy atom. The number of carbonyl (C=O) groups excluding carboxylic acids is 2. The number of rotatable bonds is 6. The predicted molar refractivity (Wildman–Crippen MR) is 117 cm³/mol. The number of likely N-dealkylation sites (N-methyl/N-ethyl adjacent to an activating group) is 1. The van der Waals surface area contributed by atoms with Gasteiger partial charge in [-0.05, 0) is 38.5 Å². The molecular formula is C20H31ClN4O4S. The molecule has 0 N–H and O–H groups in total. The Balaban J connectivity index is 2.20. The van der Waals surface area contributed by atoms with Crippen LogP contribution >= 0.6 is 11.6 Å². The fraction of sp³-hybridized carbons (Fsp3) is 0.600. The van der Waals surface area contributed by atoms with Crippen LogP contribution in [0, 0.1) is 0 Å². The largest absolute Gasteiger partial charge is 0.348 e. The standard InChI is InChI=1S/C20H31ClN4O4S/c1-15(2)23(5)30(28,29)16-7-8-18(21)17(13-16)20(27)25-10-6-9-24(11-12-25)14-19(26)22(3)4/h7-8,13,15H,6,9-12,14H2,1-5H3. The molecule has 30 heavy (non-hydrogen) atoms. The molecular weight excluding hydrogens is 428 g/mol. The molecule has 0 saturated carbocycles. The highest BCUT2D eigenvalue weighted by molar-refractivity contribution is 7.89. The van der Waals surface area contributed by atoms with Gasteiger partial charge in [-0.25, -0.2) is 8.42 Å². The predicted octanol–water partition coefficient (Wildman–Crippen LogP) is 1.61. The molecule has 0 radical (unpaired) electrons. The summed E-state index contributed by atoms with van der Waals surface area (Å²) in [4.78, 5) is 30.4. The van der Waals surface area contributed by atoms with Gasteiger partial charge in [-0.2, -0.15) is 4.31 Å². The van der Waals surface area contributed by atoms with Crippen LogP contribution in [0.4, 0.5) is 0 Å². The van der Waals surface area contributed by atoms with Crippen molar-refractivity contribution in [2.45, 2.75) is 31.2 Å². The Bertz CT molecular complexity index is 889. The van der Waals surface area contributed by atoms with Crippen molar-refractivity contribution >= 4 is 33.4 Å². The molecule has 168 valence electrons. The molecule has 1 fully saturated rings. The summed E-state index contributed by atoms with van der Waals surface area (Å²) in [7, 11) is 1.22. The molecule has 2 amide bonds. The fourth-order valence-corrected chi connectivity index (χ4v) is 4.70. The van der Waals surface area contributed by atoms with Crippen LogP contribution in [-0.2, 0) is 14.8 Å². The molecule has 1 aliphatic heterocycles. The van der Waals surface area contributed by atoms with Gasteiger partial charge in [0.05, 0.1) is 22.0 Å². The van der Waals surface area contributed by atoms with Gasteiger partial charge in [0.2, 0.25) is 15.9 Å². The number of amides is 2.